The maximum Gasteiger partial charge on any atom is 0.141 e. The number of benzene rings is 1. The average molecular weight is 205 g/mol. The Kier molecular flexibility index (Phi) is 3.99. The highest BCUT2D eigenvalue weighted by atomic mass is 16.5. The molecule has 0 aromatic heterocycles. The lowest BCUT2D eigenvalue weighted by Gasteiger charge is -2.12. The van der Waals surface area contributed by atoms with Crippen LogP contribution in [-0.4, -0.2) is 12.7 Å². The van der Waals surface area contributed by atoms with E-state index in [0.29, 0.717) is 17.9 Å². The molecule has 0 aliphatic carbocycles. The summed E-state index contributed by atoms with van der Waals surface area (Å²) in [7, 11) is 0. The molecule has 0 heterocycles. The number of nitriles is 1. The van der Waals surface area contributed by atoms with E-state index in [2.05, 4.69) is 6.07 Å². The molecular formula is C12H15NO2. The van der Waals surface area contributed by atoms with Gasteiger partial charge in [0.05, 0.1) is 18.3 Å². The van der Waals surface area contributed by atoms with Crippen molar-refractivity contribution in [3.8, 4) is 17.6 Å². The highest BCUT2D eigenvalue weighted by molar-refractivity contribution is 5.47. The molecule has 0 saturated heterocycles. The molecule has 0 atom stereocenters. The number of rotatable bonds is 4. The van der Waals surface area contributed by atoms with Crippen molar-refractivity contribution < 1.29 is 9.47 Å². The molecule has 80 valence electrons. The van der Waals surface area contributed by atoms with Crippen molar-refractivity contribution in [2.75, 3.05) is 6.61 Å². The first kappa shape index (κ1) is 11.4. The number of hydrogen-bond acceptors (Lipinski definition) is 3. The van der Waals surface area contributed by atoms with Crippen LogP contribution in [0.1, 0.15) is 26.3 Å². The summed E-state index contributed by atoms with van der Waals surface area (Å²) in [6, 6.07) is 7.33. The van der Waals surface area contributed by atoms with Crippen molar-refractivity contribution in [2.24, 2.45) is 0 Å². The van der Waals surface area contributed by atoms with Gasteiger partial charge in [0.1, 0.15) is 17.6 Å². The lowest BCUT2D eigenvalue weighted by molar-refractivity contribution is 0.239. The zero-order chi connectivity index (χ0) is 11.3. The summed E-state index contributed by atoms with van der Waals surface area (Å²) in [5.74, 6) is 1.31. The van der Waals surface area contributed by atoms with Crippen LogP contribution in [0.5, 0.6) is 11.5 Å². The van der Waals surface area contributed by atoms with Gasteiger partial charge in [0.2, 0.25) is 0 Å². The van der Waals surface area contributed by atoms with Gasteiger partial charge in [0.25, 0.3) is 0 Å². The molecule has 1 aromatic rings. The van der Waals surface area contributed by atoms with Crippen LogP contribution in [0.4, 0.5) is 0 Å². The lowest BCUT2D eigenvalue weighted by Crippen LogP contribution is -2.07. The fourth-order valence-corrected chi connectivity index (χ4v) is 1.20. The maximum atomic E-state index is 8.88. The third kappa shape index (κ3) is 3.17. The molecule has 0 fully saturated rings. The van der Waals surface area contributed by atoms with Crippen molar-refractivity contribution in [3.63, 3.8) is 0 Å². The fraction of sp³-hybridized carbons (Fsp3) is 0.417. The van der Waals surface area contributed by atoms with Gasteiger partial charge in [-0.2, -0.15) is 5.26 Å². The summed E-state index contributed by atoms with van der Waals surface area (Å²) in [5, 5.41) is 8.88. The van der Waals surface area contributed by atoms with Crippen LogP contribution in [-0.2, 0) is 0 Å². The van der Waals surface area contributed by atoms with Crippen LogP contribution in [0, 0.1) is 11.3 Å². The van der Waals surface area contributed by atoms with Crippen molar-refractivity contribution >= 4 is 0 Å². The van der Waals surface area contributed by atoms with Gasteiger partial charge in [-0.05, 0) is 32.9 Å². The van der Waals surface area contributed by atoms with Gasteiger partial charge in [-0.15, -0.1) is 0 Å². The molecule has 0 amide bonds. The summed E-state index contributed by atoms with van der Waals surface area (Å²) in [5.41, 5.74) is 0.534. The second-order valence-electron chi connectivity index (χ2n) is 3.37. The predicted octanol–water partition coefficient (Wildman–Crippen LogP) is 2.74. The van der Waals surface area contributed by atoms with E-state index in [1.54, 1.807) is 18.2 Å². The normalized spacial score (nSPS) is 9.80. The zero-order valence-electron chi connectivity index (χ0n) is 9.28. The van der Waals surface area contributed by atoms with Gasteiger partial charge in [-0.25, -0.2) is 0 Å². The van der Waals surface area contributed by atoms with Crippen molar-refractivity contribution in [2.45, 2.75) is 26.9 Å². The van der Waals surface area contributed by atoms with E-state index < -0.39 is 0 Å². The second-order valence-corrected chi connectivity index (χ2v) is 3.37. The van der Waals surface area contributed by atoms with Gasteiger partial charge >= 0.3 is 0 Å². The minimum Gasteiger partial charge on any atom is -0.494 e. The van der Waals surface area contributed by atoms with Crippen LogP contribution in [0.2, 0.25) is 0 Å². The number of nitrogens with zero attached hydrogens (tertiary/aromatic N) is 1. The Bertz CT molecular complexity index is 366. The Hall–Kier alpha value is -1.69. The molecule has 1 aromatic carbocycles. The lowest BCUT2D eigenvalue weighted by atomic mass is 10.2. The summed E-state index contributed by atoms with van der Waals surface area (Å²) in [6.45, 7) is 6.37. The van der Waals surface area contributed by atoms with Gasteiger partial charge in [-0.3, -0.25) is 0 Å². The van der Waals surface area contributed by atoms with E-state index in [1.165, 1.54) is 0 Å². The largest absolute Gasteiger partial charge is 0.494 e. The van der Waals surface area contributed by atoms with Crippen molar-refractivity contribution in [1.29, 1.82) is 5.26 Å². The Morgan fingerprint density at radius 1 is 1.40 bits per heavy atom. The van der Waals surface area contributed by atoms with E-state index in [1.807, 2.05) is 20.8 Å². The minimum atomic E-state index is 0.0500. The minimum absolute atomic E-state index is 0.0500. The molecule has 0 saturated carbocycles. The fourth-order valence-electron chi connectivity index (χ4n) is 1.20. The Balaban J connectivity index is 2.98. The zero-order valence-corrected chi connectivity index (χ0v) is 9.28. The summed E-state index contributed by atoms with van der Waals surface area (Å²) >= 11 is 0. The monoisotopic (exact) mass is 205 g/mol. The molecule has 0 spiro atoms. The molecule has 0 N–H and O–H groups in total. The topological polar surface area (TPSA) is 42.2 Å². The summed E-state index contributed by atoms with van der Waals surface area (Å²) in [4.78, 5) is 0. The Morgan fingerprint density at radius 2 is 2.13 bits per heavy atom. The van der Waals surface area contributed by atoms with E-state index in [4.69, 9.17) is 14.7 Å². The maximum absolute atomic E-state index is 8.88. The second kappa shape index (κ2) is 5.26. The molecule has 3 nitrogen and oxygen atoms in total. The Morgan fingerprint density at radius 3 is 2.67 bits per heavy atom. The molecule has 1 rings (SSSR count). The third-order valence-electron chi connectivity index (χ3n) is 1.75. The highest BCUT2D eigenvalue weighted by Gasteiger charge is 2.06. The van der Waals surface area contributed by atoms with Crippen LogP contribution in [0.15, 0.2) is 18.2 Å². The van der Waals surface area contributed by atoms with E-state index in [9.17, 15) is 0 Å². The molecule has 0 radical (unpaired) electrons. The highest BCUT2D eigenvalue weighted by Crippen LogP contribution is 2.25. The number of hydrogen-bond donors (Lipinski definition) is 0. The molecule has 0 aliphatic rings. The van der Waals surface area contributed by atoms with Gasteiger partial charge in [-0.1, -0.05) is 0 Å². The summed E-state index contributed by atoms with van der Waals surface area (Å²) < 4.78 is 10.9. The van der Waals surface area contributed by atoms with Crippen molar-refractivity contribution in [1.82, 2.24) is 0 Å². The Labute approximate surface area is 90.2 Å². The smallest absolute Gasteiger partial charge is 0.141 e. The standard InChI is InChI=1S/C12H15NO2/c1-4-14-11-6-5-10(8-13)12(7-11)15-9(2)3/h5-7,9H,4H2,1-3H3. The quantitative estimate of drug-likeness (QED) is 0.759. The van der Waals surface area contributed by atoms with E-state index in [-0.39, 0.29) is 6.10 Å². The SMILES string of the molecule is CCOc1ccc(C#N)c(OC(C)C)c1. The summed E-state index contributed by atoms with van der Waals surface area (Å²) in [6.07, 6.45) is 0.0500. The molecular weight excluding hydrogens is 190 g/mol. The molecule has 3 heteroatoms. The first-order valence-electron chi connectivity index (χ1n) is 5.01. The van der Waals surface area contributed by atoms with Gasteiger partial charge < -0.3 is 9.47 Å². The third-order valence-corrected chi connectivity index (χ3v) is 1.75. The molecule has 0 aliphatic heterocycles. The van der Waals surface area contributed by atoms with Crippen LogP contribution >= 0.6 is 0 Å². The molecule has 0 unspecified atom stereocenters. The van der Waals surface area contributed by atoms with Crippen LogP contribution in [0.3, 0.4) is 0 Å². The average Bonchev–Trinajstić information content (AvgIpc) is 2.18. The molecule has 0 bridgehead atoms. The van der Waals surface area contributed by atoms with Gasteiger partial charge in [0.15, 0.2) is 0 Å². The molecule has 15 heavy (non-hydrogen) atoms. The van der Waals surface area contributed by atoms with Crippen LogP contribution in [0.25, 0.3) is 0 Å². The predicted molar refractivity (Wildman–Crippen MR) is 58.1 cm³/mol. The van der Waals surface area contributed by atoms with Crippen molar-refractivity contribution in [3.05, 3.63) is 23.8 Å². The number of ether oxygens (including phenoxy) is 2. The van der Waals surface area contributed by atoms with E-state index in [0.717, 1.165) is 5.75 Å². The van der Waals surface area contributed by atoms with Gasteiger partial charge in [0, 0.05) is 6.07 Å². The van der Waals surface area contributed by atoms with Crippen LogP contribution < -0.4 is 9.47 Å². The first-order chi connectivity index (χ1) is 7.17. The van der Waals surface area contributed by atoms with E-state index >= 15 is 0 Å². The first-order valence-corrected chi connectivity index (χ1v) is 5.01.